The van der Waals surface area contributed by atoms with Crippen LogP contribution in [0, 0.1) is 0 Å². The summed E-state index contributed by atoms with van der Waals surface area (Å²) in [6, 6.07) is 14.4. The molecule has 25 heavy (non-hydrogen) atoms. The maximum absolute atomic E-state index is 12.4. The summed E-state index contributed by atoms with van der Waals surface area (Å²) in [6.07, 6.45) is 0. The minimum absolute atomic E-state index is 0.00395. The first-order chi connectivity index (χ1) is 11.9. The largest absolute Gasteiger partial charge is 0.497 e. The van der Waals surface area contributed by atoms with Gasteiger partial charge in [-0.25, -0.2) is 0 Å². The van der Waals surface area contributed by atoms with Crippen LogP contribution in [-0.2, 0) is 11.3 Å². The van der Waals surface area contributed by atoms with Crippen molar-refractivity contribution >= 4 is 17.4 Å². The third-order valence-electron chi connectivity index (χ3n) is 4.17. The van der Waals surface area contributed by atoms with Crippen molar-refractivity contribution in [2.24, 2.45) is 0 Å². The molecule has 0 aromatic heterocycles. The Kier molecular flexibility index (Phi) is 6.31. The number of nitrogens with zero attached hydrogens (tertiary/aromatic N) is 1. The summed E-state index contributed by atoms with van der Waals surface area (Å²) in [6.45, 7) is 4.01. The maximum atomic E-state index is 12.4. The molecule has 0 saturated heterocycles. The molecule has 1 N–H and O–H groups in total. The number of nitrogens with one attached hydrogen (secondary N) is 1. The first-order valence-electron chi connectivity index (χ1n) is 8.15. The van der Waals surface area contributed by atoms with E-state index in [0.717, 1.165) is 11.3 Å². The van der Waals surface area contributed by atoms with Crippen molar-refractivity contribution in [1.29, 1.82) is 0 Å². The lowest BCUT2D eigenvalue weighted by Crippen LogP contribution is -2.39. The van der Waals surface area contributed by atoms with E-state index in [2.05, 4.69) is 5.32 Å². The Bertz CT molecular complexity index is 741. The van der Waals surface area contributed by atoms with Gasteiger partial charge in [0, 0.05) is 17.8 Å². The fraction of sp³-hybridized carbons (Fsp3) is 0.300. The molecule has 0 aliphatic rings. The van der Waals surface area contributed by atoms with Crippen LogP contribution in [0.3, 0.4) is 0 Å². The Morgan fingerprint density at radius 2 is 1.84 bits per heavy atom. The highest BCUT2D eigenvalue weighted by molar-refractivity contribution is 5.96. The van der Waals surface area contributed by atoms with Crippen LogP contribution in [-0.4, -0.2) is 36.8 Å². The molecule has 2 aromatic rings. The van der Waals surface area contributed by atoms with Gasteiger partial charge in [0.25, 0.3) is 0 Å². The second kappa shape index (κ2) is 8.44. The van der Waals surface area contributed by atoms with E-state index in [1.807, 2.05) is 43.1 Å². The van der Waals surface area contributed by atoms with E-state index in [1.54, 1.807) is 31.4 Å². The number of rotatable bonds is 7. The van der Waals surface area contributed by atoms with Crippen LogP contribution < -0.4 is 10.1 Å². The number of methoxy groups -OCH3 is 1. The number of ether oxygens (including phenoxy) is 1. The minimum atomic E-state index is -0.307. The normalized spacial score (nSPS) is 11.9. The number of ketones is 1. The number of likely N-dealkylation sites (N-methyl/N-ethyl adjacent to an activating group) is 1. The summed E-state index contributed by atoms with van der Waals surface area (Å²) in [5.74, 6) is 0.707. The van der Waals surface area contributed by atoms with Gasteiger partial charge >= 0.3 is 0 Å². The molecule has 0 spiro atoms. The lowest BCUT2D eigenvalue weighted by atomic mass is 10.1. The van der Waals surface area contributed by atoms with E-state index < -0.39 is 0 Å². The fourth-order valence-electron chi connectivity index (χ4n) is 2.43. The Morgan fingerprint density at radius 1 is 1.16 bits per heavy atom. The van der Waals surface area contributed by atoms with Gasteiger partial charge in [0.2, 0.25) is 5.91 Å². The van der Waals surface area contributed by atoms with E-state index >= 15 is 0 Å². The summed E-state index contributed by atoms with van der Waals surface area (Å²) in [5.41, 5.74) is 2.38. The van der Waals surface area contributed by atoms with Gasteiger partial charge in [-0.05, 0) is 62.9 Å². The molecule has 0 saturated carbocycles. The lowest BCUT2D eigenvalue weighted by molar-refractivity contribution is -0.120. The molecule has 1 amide bonds. The van der Waals surface area contributed by atoms with Crippen LogP contribution in [0.25, 0.3) is 0 Å². The summed E-state index contributed by atoms with van der Waals surface area (Å²) >= 11 is 0. The monoisotopic (exact) mass is 340 g/mol. The summed E-state index contributed by atoms with van der Waals surface area (Å²) in [5, 5.41) is 2.88. The van der Waals surface area contributed by atoms with E-state index in [0.29, 0.717) is 17.8 Å². The molecule has 0 fully saturated rings. The predicted molar refractivity (Wildman–Crippen MR) is 99.0 cm³/mol. The topological polar surface area (TPSA) is 58.6 Å². The second-order valence-corrected chi connectivity index (χ2v) is 6.07. The molecule has 2 aromatic carbocycles. The fourth-order valence-corrected chi connectivity index (χ4v) is 2.43. The molecule has 132 valence electrons. The number of hydrogen-bond donors (Lipinski definition) is 1. The van der Waals surface area contributed by atoms with Crippen LogP contribution in [0.1, 0.15) is 29.8 Å². The smallest absolute Gasteiger partial charge is 0.241 e. The molecule has 0 radical (unpaired) electrons. The third-order valence-corrected chi connectivity index (χ3v) is 4.17. The van der Waals surface area contributed by atoms with Gasteiger partial charge in [-0.1, -0.05) is 12.1 Å². The summed E-state index contributed by atoms with van der Waals surface area (Å²) in [7, 11) is 3.54. The van der Waals surface area contributed by atoms with Gasteiger partial charge in [0.1, 0.15) is 5.75 Å². The number of Topliss-reactive ketones (excluding diaryl/α,β-unsaturated/α-hetero) is 1. The number of benzene rings is 2. The maximum Gasteiger partial charge on any atom is 0.241 e. The van der Waals surface area contributed by atoms with Crippen LogP contribution in [0.5, 0.6) is 5.75 Å². The Labute approximate surface area is 148 Å². The number of carbonyl (C=O) groups excluding carboxylic acids is 2. The molecule has 0 unspecified atom stereocenters. The van der Waals surface area contributed by atoms with E-state index in [4.69, 9.17) is 4.74 Å². The quantitative estimate of drug-likeness (QED) is 0.785. The zero-order valence-corrected chi connectivity index (χ0v) is 15.1. The Morgan fingerprint density at radius 3 is 2.44 bits per heavy atom. The lowest BCUT2D eigenvalue weighted by Gasteiger charge is -2.24. The number of anilines is 1. The number of carbonyl (C=O) groups is 2. The van der Waals surface area contributed by atoms with Crippen LogP contribution >= 0.6 is 0 Å². The zero-order chi connectivity index (χ0) is 18.4. The van der Waals surface area contributed by atoms with Crippen molar-refractivity contribution in [2.45, 2.75) is 26.4 Å². The van der Waals surface area contributed by atoms with Crippen LogP contribution in [0.15, 0.2) is 48.5 Å². The van der Waals surface area contributed by atoms with Gasteiger partial charge in [0.05, 0.1) is 13.2 Å². The molecule has 0 aliphatic heterocycles. The van der Waals surface area contributed by atoms with E-state index in [9.17, 15) is 9.59 Å². The zero-order valence-electron chi connectivity index (χ0n) is 15.1. The van der Waals surface area contributed by atoms with Crippen LogP contribution in [0.2, 0.25) is 0 Å². The van der Waals surface area contributed by atoms with Crippen molar-refractivity contribution in [3.63, 3.8) is 0 Å². The van der Waals surface area contributed by atoms with Gasteiger partial charge in [0.15, 0.2) is 5.78 Å². The molecule has 5 heteroatoms. The van der Waals surface area contributed by atoms with Crippen molar-refractivity contribution in [2.75, 3.05) is 19.5 Å². The Balaban J connectivity index is 1.97. The molecule has 0 heterocycles. The SMILES string of the molecule is COc1cccc(CN(C)[C@H](C)C(=O)Nc2ccc(C(C)=O)cc2)c1. The van der Waals surface area contributed by atoms with E-state index in [-0.39, 0.29) is 17.7 Å². The second-order valence-electron chi connectivity index (χ2n) is 6.07. The first-order valence-corrected chi connectivity index (χ1v) is 8.15. The van der Waals surface area contributed by atoms with Crippen molar-refractivity contribution in [3.8, 4) is 5.75 Å². The first kappa shape index (κ1) is 18.7. The van der Waals surface area contributed by atoms with Gasteiger partial charge < -0.3 is 10.1 Å². The summed E-state index contributed by atoms with van der Waals surface area (Å²) in [4.78, 5) is 25.7. The molecular weight excluding hydrogens is 316 g/mol. The Hall–Kier alpha value is -2.66. The molecule has 0 aliphatic carbocycles. The molecule has 0 bridgehead atoms. The number of amides is 1. The van der Waals surface area contributed by atoms with Crippen molar-refractivity contribution in [1.82, 2.24) is 4.90 Å². The highest BCUT2D eigenvalue weighted by Gasteiger charge is 2.18. The molecule has 1 atom stereocenters. The minimum Gasteiger partial charge on any atom is -0.497 e. The average molecular weight is 340 g/mol. The van der Waals surface area contributed by atoms with Crippen molar-refractivity contribution < 1.29 is 14.3 Å². The van der Waals surface area contributed by atoms with Gasteiger partial charge in [-0.2, -0.15) is 0 Å². The highest BCUT2D eigenvalue weighted by atomic mass is 16.5. The third kappa shape index (κ3) is 5.16. The molecular formula is C20H24N2O3. The number of hydrogen-bond acceptors (Lipinski definition) is 4. The average Bonchev–Trinajstić information content (AvgIpc) is 2.61. The predicted octanol–water partition coefficient (Wildman–Crippen LogP) is 3.36. The standard InChI is InChI=1S/C20H24N2O3/c1-14(22(3)13-16-6-5-7-19(12-16)25-4)20(24)21-18-10-8-17(9-11-18)15(2)23/h5-12,14H,13H2,1-4H3,(H,21,24)/t14-/m1/s1. The van der Waals surface area contributed by atoms with Crippen molar-refractivity contribution in [3.05, 3.63) is 59.7 Å². The molecule has 5 nitrogen and oxygen atoms in total. The van der Waals surface area contributed by atoms with Gasteiger partial charge in [-0.15, -0.1) is 0 Å². The highest BCUT2D eigenvalue weighted by Crippen LogP contribution is 2.16. The molecule has 2 rings (SSSR count). The van der Waals surface area contributed by atoms with Gasteiger partial charge in [-0.3, -0.25) is 14.5 Å². The van der Waals surface area contributed by atoms with Crippen LogP contribution in [0.4, 0.5) is 5.69 Å². The summed E-state index contributed by atoms with van der Waals surface area (Å²) < 4.78 is 5.23. The van der Waals surface area contributed by atoms with E-state index in [1.165, 1.54) is 6.92 Å².